The summed E-state index contributed by atoms with van der Waals surface area (Å²) >= 11 is 0. The summed E-state index contributed by atoms with van der Waals surface area (Å²) in [7, 11) is 0. The van der Waals surface area contributed by atoms with Crippen molar-refractivity contribution in [2.45, 2.75) is 78.6 Å². The lowest BCUT2D eigenvalue weighted by Gasteiger charge is -2.01. The molecular weight excluding hydrogens is 240 g/mol. The average Bonchev–Trinajstić information content (AvgIpc) is 2.45. The fourth-order valence-corrected chi connectivity index (χ4v) is 2.39. The number of benzene rings is 1. The van der Waals surface area contributed by atoms with Gasteiger partial charge in [0.25, 0.3) is 0 Å². The van der Waals surface area contributed by atoms with Crippen molar-refractivity contribution in [3.63, 3.8) is 0 Å². The maximum atomic E-state index is 3.33. The molecule has 0 nitrogen and oxygen atoms in total. The summed E-state index contributed by atoms with van der Waals surface area (Å²) < 4.78 is 0. The van der Waals surface area contributed by atoms with E-state index in [1.807, 2.05) is 0 Å². The molecule has 0 N–H and O–H groups in total. The molecule has 0 aliphatic heterocycles. The van der Waals surface area contributed by atoms with E-state index in [4.69, 9.17) is 0 Å². The molecule has 1 aromatic carbocycles. The second kappa shape index (κ2) is 10.6. The molecule has 0 saturated heterocycles. The van der Waals surface area contributed by atoms with Crippen LogP contribution in [0, 0.1) is 25.7 Å². The van der Waals surface area contributed by atoms with Crippen LogP contribution in [0.3, 0.4) is 0 Å². The Bertz CT molecular complexity index is 431. The second-order valence-corrected chi connectivity index (χ2v) is 5.77. The molecule has 0 amide bonds. The molecule has 0 heterocycles. The van der Waals surface area contributed by atoms with Gasteiger partial charge in [0, 0.05) is 12.0 Å². The third-order valence-corrected chi connectivity index (χ3v) is 3.98. The molecule has 0 atom stereocenters. The van der Waals surface area contributed by atoms with Crippen molar-refractivity contribution in [3.8, 4) is 11.8 Å². The maximum absolute atomic E-state index is 3.33. The normalized spacial score (nSPS) is 10.2. The van der Waals surface area contributed by atoms with Crippen molar-refractivity contribution in [1.82, 2.24) is 0 Å². The molecule has 0 unspecified atom stereocenters. The van der Waals surface area contributed by atoms with Crippen LogP contribution in [0.25, 0.3) is 0 Å². The average molecular weight is 270 g/mol. The Morgan fingerprint density at radius 3 is 2.20 bits per heavy atom. The van der Waals surface area contributed by atoms with Gasteiger partial charge in [-0.05, 0) is 37.5 Å². The highest BCUT2D eigenvalue weighted by Gasteiger charge is 1.96. The van der Waals surface area contributed by atoms with Crippen LogP contribution in [0.4, 0.5) is 0 Å². The summed E-state index contributed by atoms with van der Waals surface area (Å²) in [5.74, 6) is 6.65. The molecule has 20 heavy (non-hydrogen) atoms. The number of rotatable bonds is 8. The summed E-state index contributed by atoms with van der Waals surface area (Å²) in [6, 6.07) is 6.38. The van der Waals surface area contributed by atoms with Gasteiger partial charge in [0.05, 0.1) is 0 Å². The third-order valence-electron chi connectivity index (χ3n) is 3.98. The molecule has 0 fully saturated rings. The fourth-order valence-electron chi connectivity index (χ4n) is 2.39. The number of aryl methyl sites for hydroxylation is 1. The molecule has 0 saturated carbocycles. The molecule has 110 valence electrons. The first-order chi connectivity index (χ1) is 9.75. The van der Waals surface area contributed by atoms with Crippen molar-refractivity contribution in [2.75, 3.05) is 0 Å². The van der Waals surface area contributed by atoms with Crippen LogP contribution in [0.2, 0.25) is 0 Å². The molecule has 0 aromatic heterocycles. The molecule has 0 aliphatic carbocycles. The SMILES string of the molecule is CCCCCCCCCCC#Cc1cccc(C)c1C. The molecule has 1 rings (SSSR count). The minimum Gasteiger partial charge on any atom is -0.0979 e. The monoisotopic (exact) mass is 270 g/mol. The Labute approximate surface area is 126 Å². The molecule has 0 spiro atoms. The first-order valence-electron chi connectivity index (χ1n) is 8.30. The van der Waals surface area contributed by atoms with Crippen molar-refractivity contribution in [2.24, 2.45) is 0 Å². The zero-order valence-electron chi connectivity index (χ0n) is 13.6. The number of unbranched alkanes of at least 4 members (excludes halogenated alkanes) is 8. The molecule has 0 heteroatoms. The van der Waals surface area contributed by atoms with Crippen LogP contribution in [0.5, 0.6) is 0 Å². The molecule has 0 aliphatic rings. The Morgan fingerprint density at radius 2 is 1.50 bits per heavy atom. The van der Waals surface area contributed by atoms with E-state index in [0.717, 1.165) is 6.42 Å². The fraction of sp³-hybridized carbons (Fsp3) is 0.600. The van der Waals surface area contributed by atoms with E-state index in [1.54, 1.807) is 0 Å². The summed E-state index contributed by atoms with van der Waals surface area (Å²) in [6.07, 6.45) is 12.0. The van der Waals surface area contributed by atoms with Crippen molar-refractivity contribution < 1.29 is 0 Å². The van der Waals surface area contributed by atoms with E-state index in [2.05, 4.69) is 50.8 Å². The van der Waals surface area contributed by atoms with E-state index < -0.39 is 0 Å². The highest BCUT2D eigenvalue weighted by atomic mass is 14.0. The lowest BCUT2D eigenvalue weighted by atomic mass is 10.0. The van der Waals surface area contributed by atoms with Crippen LogP contribution in [0.15, 0.2) is 18.2 Å². The smallest absolute Gasteiger partial charge is 0.0277 e. The van der Waals surface area contributed by atoms with Gasteiger partial charge in [-0.1, -0.05) is 75.8 Å². The molecule has 0 radical (unpaired) electrons. The molecule has 0 bridgehead atoms. The molecular formula is C20H30. The van der Waals surface area contributed by atoms with Gasteiger partial charge in [0.1, 0.15) is 0 Å². The lowest BCUT2D eigenvalue weighted by molar-refractivity contribution is 0.579. The summed E-state index contributed by atoms with van der Waals surface area (Å²) in [5.41, 5.74) is 3.87. The van der Waals surface area contributed by atoms with E-state index in [-0.39, 0.29) is 0 Å². The summed E-state index contributed by atoms with van der Waals surface area (Å²) in [6.45, 7) is 6.59. The number of hydrogen-bond donors (Lipinski definition) is 0. The van der Waals surface area contributed by atoms with Gasteiger partial charge in [0.15, 0.2) is 0 Å². The largest absolute Gasteiger partial charge is 0.0979 e. The Morgan fingerprint density at radius 1 is 0.850 bits per heavy atom. The van der Waals surface area contributed by atoms with Crippen LogP contribution in [0.1, 0.15) is 81.4 Å². The minimum atomic E-state index is 1.04. The highest BCUT2D eigenvalue weighted by Crippen LogP contribution is 2.12. The zero-order valence-corrected chi connectivity index (χ0v) is 13.6. The predicted octanol–water partition coefficient (Wildman–Crippen LogP) is 6.19. The van der Waals surface area contributed by atoms with Gasteiger partial charge in [-0.2, -0.15) is 0 Å². The van der Waals surface area contributed by atoms with Gasteiger partial charge in [-0.3, -0.25) is 0 Å². The van der Waals surface area contributed by atoms with Crippen LogP contribution in [-0.4, -0.2) is 0 Å². The molecule has 1 aromatic rings. The van der Waals surface area contributed by atoms with E-state index >= 15 is 0 Å². The summed E-state index contributed by atoms with van der Waals surface area (Å²) in [4.78, 5) is 0. The van der Waals surface area contributed by atoms with E-state index in [1.165, 1.54) is 68.1 Å². The Kier molecular flexibility index (Phi) is 8.88. The highest BCUT2D eigenvalue weighted by molar-refractivity contribution is 5.44. The van der Waals surface area contributed by atoms with E-state index in [0.29, 0.717) is 0 Å². The van der Waals surface area contributed by atoms with Gasteiger partial charge >= 0.3 is 0 Å². The van der Waals surface area contributed by atoms with Gasteiger partial charge in [-0.15, -0.1) is 0 Å². The van der Waals surface area contributed by atoms with Gasteiger partial charge in [-0.25, -0.2) is 0 Å². The number of hydrogen-bond acceptors (Lipinski definition) is 0. The van der Waals surface area contributed by atoms with E-state index in [9.17, 15) is 0 Å². The summed E-state index contributed by atoms with van der Waals surface area (Å²) in [5, 5.41) is 0. The van der Waals surface area contributed by atoms with Crippen LogP contribution >= 0.6 is 0 Å². The van der Waals surface area contributed by atoms with Crippen LogP contribution < -0.4 is 0 Å². The van der Waals surface area contributed by atoms with Gasteiger partial charge < -0.3 is 0 Å². The Hall–Kier alpha value is -1.22. The van der Waals surface area contributed by atoms with Crippen molar-refractivity contribution >= 4 is 0 Å². The van der Waals surface area contributed by atoms with Gasteiger partial charge in [0.2, 0.25) is 0 Å². The first-order valence-corrected chi connectivity index (χ1v) is 8.30. The first kappa shape index (κ1) is 16.8. The standard InChI is InChI=1S/C20H30/c1-4-5-6-7-8-9-10-11-12-13-16-20-17-14-15-18(2)19(20)3/h14-15,17H,4-12H2,1-3H3. The predicted molar refractivity (Wildman–Crippen MR) is 90.0 cm³/mol. The quantitative estimate of drug-likeness (QED) is 0.390. The zero-order chi connectivity index (χ0) is 14.6. The van der Waals surface area contributed by atoms with Crippen molar-refractivity contribution in [3.05, 3.63) is 34.9 Å². The van der Waals surface area contributed by atoms with Crippen LogP contribution in [-0.2, 0) is 0 Å². The Balaban J connectivity index is 2.13. The maximum Gasteiger partial charge on any atom is 0.0277 e. The minimum absolute atomic E-state index is 1.04. The third kappa shape index (κ3) is 6.80. The lowest BCUT2D eigenvalue weighted by Crippen LogP contribution is -1.85. The topological polar surface area (TPSA) is 0 Å². The van der Waals surface area contributed by atoms with Crippen molar-refractivity contribution in [1.29, 1.82) is 0 Å². The second-order valence-electron chi connectivity index (χ2n) is 5.77.